The maximum atomic E-state index is 9.16. The van der Waals surface area contributed by atoms with Gasteiger partial charge in [0.25, 0.3) is 0 Å². The van der Waals surface area contributed by atoms with Crippen molar-refractivity contribution >= 4 is 0 Å². The smallest absolute Gasteiger partial charge is 0.122 e. The van der Waals surface area contributed by atoms with E-state index in [-0.39, 0.29) is 12.1 Å². The first-order valence-electron chi connectivity index (χ1n) is 5.49. The SMILES string of the molecule is COc1cc(OC)cc(C(C#N)NC(C)C)c1. The van der Waals surface area contributed by atoms with Crippen LogP contribution in [0, 0.1) is 11.3 Å². The molecule has 0 saturated carbocycles. The molecular formula is C13H18N2O2. The molecule has 1 aromatic carbocycles. The lowest BCUT2D eigenvalue weighted by molar-refractivity contribution is 0.392. The van der Waals surface area contributed by atoms with Gasteiger partial charge in [0.05, 0.1) is 20.3 Å². The van der Waals surface area contributed by atoms with Gasteiger partial charge in [0.2, 0.25) is 0 Å². The molecule has 1 rings (SSSR count). The summed E-state index contributed by atoms with van der Waals surface area (Å²) in [6.07, 6.45) is 0. The third-order valence-electron chi connectivity index (χ3n) is 2.34. The lowest BCUT2D eigenvalue weighted by Crippen LogP contribution is -2.27. The maximum Gasteiger partial charge on any atom is 0.122 e. The van der Waals surface area contributed by atoms with Crippen LogP contribution in [0.15, 0.2) is 18.2 Å². The summed E-state index contributed by atoms with van der Waals surface area (Å²) in [6.45, 7) is 4.00. The number of hydrogen-bond acceptors (Lipinski definition) is 4. The van der Waals surface area contributed by atoms with Crippen LogP contribution >= 0.6 is 0 Å². The van der Waals surface area contributed by atoms with Crippen molar-refractivity contribution in [2.45, 2.75) is 25.9 Å². The molecule has 0 bridgehead atoms. The zero-order valence-electron chi connectivity index (χ0n) is 10.7. The molecule has 0 aliphatic carbocycles. The standard InChI is InChI=1S/C13H18N2O2/c1-9(2)15-13(8-14)10-5-11(16-3)7-12(6-10)17-4/h5-7,9,13,15H,1-4H3. The first-order chi connectivity index (χ1) is 8.10. The summed E-state index contributed by atoms with van der Waals surface area (Å²) in [5, 5.41) is 12.3. The van der Waals surface area contributed by atoms with Crippen molar-refractivity contribution in [1.82, 2.24) is 5.32 Å². The molecular weight excluding hydrogens is 216 g/mol. The monoisotopic (exact) mass is 234 g/mol. The molecule has 4 heteroatoms. The van der Waals surface area contributed by atoms with E-state index in [4.69, 9.17) is 14.7 Å². The number of methoxy groups -OCH3 is 2. The minimum atomic E-state index is -0.362. The van der Waals surface area contributed by atoms with Crippen LogP contribution < -0.4 is 14.8 Å². The number of hydrogen-bond donors (Lipinski definition) is 1. The van der Waals surface area contributed by atoms with Crippen LogP contribution in [0.3, 0.4) is 0 Å². The molecule has 1 atom stereocenters. The molecule has 0 fully saturated rings. The van der Waals surface area contributed by atoms with Crippen LogP contribution in [0.4, 0.5) is 0 Å². The molecule has 1 N–H and O–H groups in total. The molecule has 0 heterocycles. The van der Waals surface area contributed by atoms with Crippen LogP contribution in [0.1, 0.15) is 25.5 Å². The number of rotatable bonds is 5. The first kappa shape index (κ1) is 13.3. The van der Waals surface area contributed by atoms with Crippen LogP contribution in [0.2, 0.25) is 0 Å². The van der Waals surface area contributed by atoms with Crippen LogP contribution in [-0.4, -0.2) is 20.3 Å². The lowest BCUT2D eigenvalue weighted by atomic mass is 10.1. The van der Waals surface area contributed by atoms with E-state index in [1.54, 1.807) is 20.3 Å². The Hall–Kier alpha value is -1.73. The predicted molar refractivity (Wildman–Crippen MR) is 66.2 cm³/mol. The molecule has 1 unspecified atom stereocenters. The van der Waals surface area contributed by atoms with Crippen LogP contribution in [0.5, 0.6) is 11.5 Å². The van der Waals surface area contributed by atoms with Gasteiger partial charge in [0, 0.05) is 12.1 Å². The van der Waals surface area contributed by atoms with E-state index < -0.39 is 0 Å². The summed E-state index contributed by atoms with van der Waals surface area (Å²) in [7, 11) is 3.19. The van der Waals surface area contributed by atoms with Gasteiger partial charge in [-0.25, -0.2) is 0 Å². The second kappa shape index (κ2) is 6.12. The summed E-state index contributed by atoms with van der Waals surface area (Å²) < 4.78 is 10.4. The van der Waals surface area contributed by atoms with Crippen LogP contribution in [0.25, 0.3) is 0 Å². The fraction of sp³-hybridized carbons (Fsp3) is 0.462. The highest BCUT2D eigenvalue weighted by Gasteiger charge is 2.13. The normalized spacial score (nSPS) is 12.0. The van der Waals surface area contributed by atoms with Crippen molar-refractivity contribution in [3.8, 4) is 17.6 Å². The zero-order valence-corrected chi connectivity index (χ0v) is 10.7. The lowest BCUT2D eigenvalue weighted by Gasteiger charge is -2.16. The summed E-state index contributed by atoms with van der Waals surface area (Å²) >= 11 is 0. The minimum absolute atomic E-state index is 0.233. The Balaban J connectivity index is 3.06. The number of ether oxygens (including phenoxy) is 2. The highest BCUT2D eigenvalue weighted by atomic mass is 16.5. The Labute approximate surface area is 102 Å². The van der Waals surface area contributed by atoms with Gasteiger partial charge >= 0.3 is 0 Å². The van der Waals surface area contributed by atoms with E-state index in [0.717, 1.165) is 5.56 Å². The molecule has 17 heavy (non-hydrogen) atoms. The van der Waals surface area contributed by atoms with Crippen molar-refractivity contribution in [3.05, 3.63) is 23.8 Å². The zero-order chi connectivity index (χ0) is 12.8. The Morgan fingerprint density at radius 2 is 1.65 bits per heavy atom. The molecule has 0 aliphatic rings. The van der Waals surface area contributed by atoms with Crippen molar-refractivity contribution in [3.63, 3.8) is 0 Å². The Morgan fingerprint density at radius 3 is 2.00 bits per heavy atom. The average molecular weight is 234 g/mol. The second-order valence-corrected chi connectivity index (χ2v) is 4.03. The van der Waals surface area contributed by atoms with Gasteiger partial charge < -0.3 is 9.47 Å². The van der Waals surface area contributed by atoms with Gasteiger partial charge in [-0.15, -0.1) is 0 Å². The molecule has 92 valence electrons. The highest BCUT2D eigenvalue weighted by Crippen LogP contribution is 2.26. The van der Waals surface area contributed by atoms with Crippen molar-refractivity contribution < 1.29 is 9.47 Å². The van der Waals surface area contributed by atoms with E-state index in [2.05, 4.69) is 11.4 Å². The minimum Gasteiger partial charge on any atom is -0.497 e. The Kier molecular flexibility index (Phi) is 4.80. The summed E-state index contributed by atoms with van der Waals surface area (Å²) in [6, 6.07) is 7.56. The first-order valence-corrected chi connectivity index (χ1v) is 5.49. The quantitative estimate of drug-likeness (QED) is 0.849. The largest absolute Gasteiger partial charge is 0.497 e. The van der Waals surface area contributed by atoms with E-state index >= 15 is 0 Å². The number of nitrogens with one attached hydrogen (secondary N) is 1. The van der Waals surface area contributed by atoms with E-state index in [1.165, 1.54) is 0 Å². The van der Waals surface area contributed by atoms with Gasteiger partial charge in [-0.05, 0) is 31.5 Å². The maximum absolute atomic E-state index is 9.16. The molecule has 4 nitrogen and oxygen atoms in total. The third kappa shape index (κ3) is 3.65. The number of benzene rings is 1. The average Bonchev–Trinajstić information content (AvgIpc) is 2.34. The topological polar surface area (TPSA) is 54.3 Å². The van der Waals surface area contributed by atoms with Gasteiger partial charge in [-0.1, -0.05) is 0 Å². The van der Waals surface area contributed by atoms with E-state index in [0.29, 0.717) is 11.5 Å². The third-order valence-corrected chi connectivity index (χ3v) is 2.34. The molecule has 0 radical (unpaired) electrons. The summed E-state index contributed by atoms with van der Waals surface area (Å²) in [4.78, 5) is 0. The fourth-order valence-corrected chi connectivity index (χ4v) is 1.54. The predicted octanol–water partition coefficient (Wildman–Crippen LogP) is 2.27. The molecule has 0 spiro atoms. The number of nitriles is 1. The van der Waals surface area contributed by atoms with Crippen LogP contribution in [-0.2, 0) is 0 Å². The van der Waals surface area contributed by atoms with Crippen molar-refractivity contribution in [1.29, 1.82) is 5.26 Å². The van der Waals surface area contributed by atoms with Crippen molar-refractivity contribution in [2.75, 3.05) is 14.2 Å². The summed E-state index contributed by atoms with van der Waals surface area (Å²) in [5.41, 5.74) is 0.845. The molecule has 0 aliphatic heterocycles. The van der Waals surface area contributed by atoms with Crippen molar-refractivity contribution in [2.24, 2.45) is 0 Å². The second-order valence-electron chi connectivity index (χ2n) is 4.03. The van der Waals surface area contributed by atoms with Gasteiger partial charge in [-0.2, -0.15) is 5.26 Å². The summed E-state index contributed by atoms with van der Waals surface area (Å²) in [5.74, 6) is 1.37. The van der Waals surface area contributed by atoms with Gasteiger partial charge in [0.15, 0.2) is 0 Å². The number of nitrogens with zero attached hydrogens (tertiary/aromatic N) is 1. The highest BCUT2D eigenvalue weighted by molar-refractivity contribution is 5.41. The molecule has 0 aromatic heterocycles. The van der Waals surface area contributed by atoms with E-state index in [9.17, 15) is 0 Å². The molecule has 1 aromatic rings. The van der Waals surface area contributed by atoms with E-state index in [1.807, 2.05) is 26.0 Å². The van der Waals surface area contributed by atoms with Gasteiger partial charge in [-0.3, -0.25) is 5.32 Å². The Morgan fingerprint density at radius 1 is 1.12 bits per heavy atom. The Bertz CT molecular complexity index is 388. The fourth-order valence-electron chi connectivity index (χ4n) is 1.54. The van der Waals surface area contributed by atoms with Gasteiger partial charge in [0.1, 0.15) is 17.5 Å². The molecule has 0 amide bonds. The molecule has 0 saturated heterocycles.